The van der Waals surface area contributed by atoms with E-state index in [4.69, 9.17) is 5.73 Å². The molecule has 5 heteroatoms. The Kier molecular flexibility index (Phi) is 1.66. The number of alkyl halides is 2. The van der Waals surface area contributed by atoms with E-state index in [1.54, 1.807) is 7.05 Å². The standard InChI is InChI=1S/C8H11F2N3/c1-13-4-5(7(9)10)6(12-13)8(11)2-3-8/h4,7H,2-3,11H2,1H3. The summed E-state index contributed by atoms with van der Waals surface area (Å²) in [6, 6.07) is 0. The lowest BCUT2D eigenvalue weighted by molar-refractivity contribution is 0.149. The van der Waals surface area contributed by atoms with Crippen LogP contribution in [0.2, 0.25) is 0 Å². The Morgan fingerprint density at radius 3 is 2.69 bits per heavy atom. The molecule has 0 bridgehead atoms. The molecule has 1 fully saturated rings. The molecule has 1 aromatic heterocycles. The van der Waals surface area contributed by atoms with E-state index in [-0.39, 0.29) is 5.56 Å². The molecular formula is C8H11F2N3. The van der Waals surface area contributed by atoms with Crippen LogP contribution < -0.4 is 5.73 Å². The van der Waals surface area contributed by atoms with Gasteiger partial charge in [0.1, 0.15) is 0 Å². The van der Waals surface area contributed by atoms with Crippen molar-refractivity contribution >= 4 is 0 Å². The number of hydrogen-bond donors (Lipinski definition) is 1. The van der Waals surface area contributed by atoms with Crippen LogP contribution in [0.4, 0.5) is 8.78 Å². The molecular weight excluding hydrogens is 176 g/mol. The van der Waals surface area contributed by atoms with Crippen LogP contribution >= 0.6 is 0 Å². The third-order valence-corrected chi connectivity index (χ3v) is 2.35. The van der Waals surface area contributed by atoms with E-state index < -0.39 is 12.0 Å². The average Bonchev–Trinajstić information content (AvgIpc) is 2.62. The average molecular weight is 187 g/mol. The molecule has 1 aliphatic carbocycles. The molecule has 2 rings (SSSR count). The highest BCUT2D eigenvalue weighted by Gasteiger charge is 2.45. The van der Waals surface area contributed by atoms with Crippen LogP contribution in [0.3, 0.4) is 0 Å². The van der Waals surface area contributed by atoms with E-state index in [2.05, 4.69) is 5.10 Å². The molecule has 0 aliphatic heterocycles. The first-order chi connectivity index (χ1) is 6.03. The normalized spacial score (nSPS) is 19.5. The maximum atomic E-state index is 12.5. The predicted octanol–water partition coefficient (Wildman–Crippen LogP) is 1.31. The highest BCUT2D eigenvalue weighted by Crippen LogP contribution is 2.44. The summed E-state index contributed by atoms with van der Waals surface area (Å²) in [5, 5.41) is 3.98. The molecule has 1 aliphatic rings. The van der Waals surface area contributed by atoms with E-state index in [1.165, 1.54) is 10.9 Å². The summed E-state index contributed by atoms with van der Waals surface area (Å²) in [5.41, 5.74) is 5.57. The highest BCUT2D eigenvalue weighted by atomic mass is 19.3. The highest BCUT2D eigenvalue weighted by molar-refractivity contribution is 5.30. The third kappa shape index (κ3) is 1.33. The van der Waals surface area contributed by atoms with E-state index >= 15 is 0 Å². The fourth-order valence-electron chi connectivity index (χ4n) is 1.42. The predicted molar refractivity (Wildman–Crippen MR) is 43.3 cm³/mol. The zero-order valence-corrected chi connectivity index (χ0v) is 7.30. The first-order valence-corrected chi connectivity index (χ1v) is 4.14. The Labute approximate surface area is 74.5 Å². The minimum absolute atomic E-state index is 0.0255. The van der Waals surface area contributed by atoms with Crippen molar-refractivity contribution in [3.63, 3.8) is 0 Å². The summed E-state index contributed by atoms with van der Waals surface area (Å²) in [4.78, 5) is 0. The molecule has 1 aromatic rings. The van der Waals surface area contributed by atoms with Gasteiger partial charge in [0.05, 0.1) is 16.8 Å². The van der Waals surface area contributed by atoms with Crippen molar-refractivity contribution in [2.24, 2.45) is 12.8 Å². The van der Waals surface area contributed by atoms with Crippen LogP contribution in [-0.4, -0.2) is 9.78 Å². The van der Waals surface area contributed by atoms with Crippen molar-refractivity contribution in [2.45, 2.75) is 24.8 Å². The quantitative estimate of drug-likeness (QED) is 0.758. The molecule has 72 valence electrons. The second-order valence-electron chi connectivity index (χ2n) is 3.56. The van der Waals surface area contributed by atoms with Crippen molar-refractivity contribution in [3.05, 3.63) is 17.5 Å². The Morgan fingerprint density at radius 1 is 1.62 bits per heavy atom. The summed E-state index contributed by atoms with van der Waals surface area (Å²) < 4.78 is 26.4. The van der Waals surface area contributed by atoms with Gasteiger partial charge in [0.25, 0.3) is 6.43 Å². The van der Waals surface area contributed by atoms with Gasteiger partial charge in [-0.15, -0.1) is 0 Å². The van der Waals surface area contributed by atoms with Crippen LogP contribution in [0.1, 0.15) is 30.5 Å². The summed E-state index contributed by atoms with van der Waals surface area (Å²) >= 11 is 0. The molecule has 1 heterocycles. The van der Waals surface area contributed by atoms with Crippen molar-refractivity contribution in [3.8, 4) is 0 Å². The van der Waals surface area contributed by atoms with Gasteiger partial charge in [-0.2, -0.15) is 5.10 Å². The fourth-order valence-corrected chi connectivity index (χ4v) is 1.42. The minimum Gasteiger partial charge on any atom is -0.320 e. The number of aromatic nitrogens is 2. The van der Waals surface area contributed by atoms with Crippen LogP contribution in [-0.2, 0) is 12.6 Å². The zero-order valence-electron chi connectivity index (χ0n) is 7.30. The van der Waals surface area contributed by atoms with Crippen molar-refractivity contribution in [1.29, 1.82) is 0 Å². The second kappa shape index (κ2) is 2.51. The van der Waals surface area contributed by atoms with Gasteiger partial charge in [-0.05, 0) is 12.8 Å². The molecule has 2 N–H and O–H groups in total. The maximum absolute atomic E-state index is 12.5. The maximum Gasteiger partial charge on any atom is 0.267 e. The minimum atomic E-state index is -2.48. The number of nitrogens with two attached hydrogens (primary N) is 1. The number of aryl methyl sites for hydroxylation is 1. The largest absolute Gasteiger partial charge is 0.320 e. The molecule has 0 aromatic carbocycles. The number of halogens is 2. The molecule has 0 unspecified atom stereocenters. The van der Waals surface area contributed by atoms with E-state index in [1.807, 2.05) is 0 Å². The number of nitrogens with zero attached hydrogens (tertiary/aromatic N) is 2. The van der Waals surface area contributed by atoms with Gasteiger partial charge in [-0.1, -0.05) is 0 Å². The third-order valence-electron chi connectivity index (χ3n) is 2.35. The summed E-state index contributed by atoms with van der Waals surface area (Å²) in [6.45, 7) is 0. The van der Waals surface area contributed by atoms with Gasteiger partial charge < -0.3 is 5.73 Å². The zero-order chi connectivity index (χ0) is 9.64. The summed E-state index contributed by atoms with van der Waals surface area (Å²) in [6.07, 6.45) is 0.366. The molecule has 0 saturated heterocycles. The number of hydrogen-bond acceptors (Lipinski definition) is 2. The Hall–Kier alpha value is -0.970. The van der Waals surface area contributed by atoms with Crippen LogP contribution in [0.15, 0.2) is 6.20 Å². The van der Waals surface area contributed by atoms with Gasteiger partial charge in [0, 0.05) is 13.2 Å². The van der Waals surface area contributed by atoms with Gasteiger partial charge in [0.15, 0.2) is 0 Å². The van der Waals surface area contributed by atoms with Crippen LogP contribution in [0, 0.1) is 0 Å². The van der Waals surface area contributed by atoms with Gasteiger partial charge in [-0.3, -0.25) is 4.68 Å². The van der Waals surface area contributed by atoms with Crippen molar-refractivity contribution in [2.75, 3.05) is 0 Å². The Morgan fingerprint density at radius 2 is 2.23 bits per heavy atom. The smallest absolute Gasteiger partial charge is 0.267 e. The topological polar surface area (TPSA) is 43.8 Å². The van der Waals surface area contributed by atoms with Gasteiger partial charge in [-0.25, -0.2) is 8.78 Å². The van der Waals surface area contributed by atoms with Crippen molar-refractivity contribution in [1.82, 2.24) is 9.78 Å². The molecule has 3 nitrogen and oxygen atoms in total. The lowest BCUT2D eigenvalue weighted by Gasteiger charge is -2.06. The monoisotopic (exact) mass is 187 g/mol. The van der Waals surface area contributed by atoms with Gasteiger partial charge in [0.2, 0.25) is 0 Å². The number of rotatable bonds is 2. The lowest BCUT2D eigenvalue weighted by atomic mass is 10.1. The Balaban J connectivity index is 2.43. The van der Waals surface area contributed by atoms with Crippen LogP contribution in [0.25, 0.3) is 0 Å². The molecule has 0 atom stereocenters. The summed E-state index contributed by atoms with van der Waals surface area (Å²) in [5.74, 6) is 0. The molecule has 13 heavy (non-hydrogen) atoms. The molecule has 0 amide bonds. The van der Waals surface area contributed by atoms with Crippen molar-refractivity contribution < 1.29 is 8.78 Å². The van der Waals surface area contributed by atoms with Crippen LogP contribution in [0.5, 0.6) is 0 Å². The second-order valence-corrected chi connectivity index (χ2v) is 3.56. The SMILES string of the molecule is Cn1cc(C(F)F)c(C2(N)CC2)n1. The molecule has 1 saturated carbocycles. The first kappa shape index (κ1) is 8.62. The lowest BCUT2D eigenvalue weighted by Crippen LogP contribution is -2.21. The Bertz CT molecular complexity index is 328. The molecule has 0 spiro atoms. The van der Waals surface area contributed by atoms with E-state index in [0.29, 0.717) is 5.69 Å². The fraction of sp³-hybridized carbons (Fsp3) is 0.625. The first-order valence-electron chi connectivity index (χ1n) is 4.14. The van der Waals surface area contributed by atoms with E-state index in [0.717, 1.165) is 12.8 Å². The van der Waals surface area contributed by atoms with E-state index in [9.17, 15) is 8.78 Å². The summed E-state index contributed by atoms with van der Waals surface area (Å²) in [7, 11) is 1.63. The molecule has 0 radical (unpaired) electrons. The van der Waals surface area contributed by atoms with Gasteiger partial charge >= 0.3 is 0 Å².